The Kier molecular flexibility index (Phi) is 5.14. The molecule has 4 aliphatic rings. The maximum absolute atomic E-state index is 13.0. The van der Waals surface area contributed by atoms with Gasteiger partial charge in [-0.1, -0.05) is 27.7 Å². The Balaban J connectivity index is 1.79. The molecule has 4 saturated carbocycles. The molecule has 4 aliphatic carbocycles. The molecule has 0 spiro atoms. The summed E-state index contributed by atoms with van der Waals surface area (Å²) in [6, 6.07) is 0. The van der Waals surface area contributed by atoms with Crippen LogP contribution in [0.5, 0.6) is 0 Å². The van der Waals surface area contributed by atoms with E-state index in [-0.39, 0.29) is 29.6 Å². The largest absolute Gasteiger partial charge is 0.292 e. The number of amides is 2. The molecule has 2 amide bonds. The van der Waals surface area contributed by atoms with Gasteiger partial charge in [0.25, 0.3) is 0 Å². The van der Waals surface area contributed by atoms with Crippen LogP contribution in [-0.4, -0.2) is 11.8 Å². The molecule has 4 rings (SSSR count). The highest BCUT2D eigenvalue weighted by Gasteiger charge is 2.65. The van der Waals surface area contributed by atoms with Crippen molar-refractivity contribution in [1.29, 1.82) is 0 Å². The summed E-state index contributed by atoms with van der Waals surface area (Å²) in [6.45, 7) is 8.49. The van der Waals surface area contributed by atoms with Crippen molar-refractivity contribution < 1.29 is 9.59 Å². The Morgan fingerprint density at radius 2 is 1.53 bits per heavy atom. The van der Waals surface area contributed by atoms with E-state index >= 15 is 0 Å². The molecular formula is C22H32N6O2. The molecule has 0 radical (unpaired) electrons. The summed E-state index contributed by atoms with van der Waals surface area (Å²) < 4.78 is 0. The van der Waals surface area contributed by atoms with E-state index in [0.717, 1.165) is 32.1 Å². The first kappa shape index (κ1) is 21.2. The first-order valence-corrected chi connectivity index (χ1v) is 11.4. The Morgan fingerprint density at radius 3 is 2.20 bits per heavy atom. The maximum atomic E-state index is 13.0. The van der Waals surface area contributed by atoms with E-state index in [1.807, 2.05) is 13.8 Å². The molecule has 0 saturated heterocycles. The maximum Gasteiger partial charge on any atom is 0.225 e. The lowest BCUT2D eigenvalue weighted by Crippen LogP contribution is -2.63. The van der Waals surface area contributed by atoms with Gasteiger partial charge < -0.3 is 0 Å². The van der Waals surface area contributed by atoms with Crippen molar-refractivity contribution in [2.24, 2.45) is 68.4 Å². The Hall–Kier alpha value is -2.04. The van der Waals surface area contributed by atoms with Gasteiger partial charge in [0.2, 0.25) is 11.8 Å². The number of carbonyl (C=O) groups excluding carboxylic acids is 2. The van der Waals surface area contributed by atoms with Crippen molar-refractivity contribution >= 4 is 11.8 Å². The van der Waals surface area contributed by atoms with Gasteiger partial charge in [-0.2, -0.15) is 0 Å². The molecule has 10 atom stereocenters. The molecule has 0 N–H and O–H groups in total. The third-order valence-electron chi connectivity index (χ3n) is 10.1. The molecule has 0 bridgehead atoms. The number of hydrogen-bond donors (Lipinski definition) is 0. The van der Waals surface area contributed by atoms with E-state index < -0.39 is 10.8 Å². The highest BCUT2D eigenvalue weighted by Crippen LogP contribution is 2.68. The second-order valence-corrected chi connectivity index (χ2v) is 10.9. The molecule has 162 valence electrons. The van der Waals surface area contributed by atoms with Crippen LogP contribution in [0.15, 0.2) is 10.2 Å². The fourth-order valence-corrected chi connectivity index (χ4v) is 8.52. The van der Waals surface area contributed by atoms with Crippen molar-refractivity contribution in [1.82, 2.24) is 0 Å². The van der Waals surface area contributed by atoms with Crippen LogP contribution in [0.4, 0.5) is 0 Å². The number of hydrogen-bond acceptors (Lipinski definition) is 2. The topological polar surface area (TPSA) is 132 Å². The van der Waals surface area contributed by atoms with Crippen LogP contribution in [0, 0.1) is 58.2 Å². The van der Waals surface area contributed by atoms with E-state index in [9.17, 15) is 9.59 Å². The first-order chi connectivity index (χ1) is 14.2. The fourth-order valence-electron chi connectivity index (χ4n) is 8.52. The lowest BCUT2D eigenvalue weighted by atomic mass is 9.38. The van der Waals surface area contributed by atoms with Crippen LogP contribution >= 0.6 is 0 Å². The number of carbonyl (C=O) groups is 2. The van der Waals surface area contributed by atoms with Gasteiger partial charge in [0.15, 0.2) is 0 Å². The normalized spacial score (nSPS) is 49.1. The van der Waals surface area contributed by atoms with Gasteiger partial charge in [0.05, 0.1) is 0 Å². The molecular weight excluding hydrogens is 380 g/mol. The van der Waals surface area contributed by atoms with E-state index in [4.69, 9.17) is 11.1 Å². The third-order valence-corrected chi connectivity index (χ3v) is 10.1. The van der Waals surface area contributed by atoms with Gasteiger partial charge in [0.1, 0.15) is 0 Å². The van der Waals surface area contributed by atoms with E-state index in [0.29, 0.717) is 29.6 Å². The van der Waals surface area contributed by atoms with Crippen molar-refractivity contribution in [3.05, 3.63) is 20.9 Å². The second kappa shape index (κ2) is 7.28. The molecule has 4 fully saturated rings. The standard InChI is InChI=1S/C22H32N6O2/c1-11-9-13-10-12(2)22(4,20(30)26-28-24)16-6-5-15-18(17(13)16)14(11)7-8-21(15,3)19(29)25-27-23/h11-18H,5-10H2,1-4H3/t11-,12+,13-,14+,15-,16-,17+,18+,21-,22+/m0/s1. The van der Waals surface area contributed by atoms with E-state index in [1.165, 1.54) is 6.42 Å². The Bertz CT molecular complexity index is 862. The molecule has 0 aliphatic heterocycles. The minimum atomic E-state index is -0.647. The molecule has 8 nitrogen and oxygen atoms in total. The first-order valence-electron chi connectivity index (χ1n) is 11.4. The van der Waals surface area contributed by atoms with Crippen molar-refractivity contribution in [3.63, 3.8) is 0 Å². The van der Waals surface area contributed by atoms with Crippen molar-refractivity contribution in [2.75, 3.05) is 0 Å². The van der Waals surface area contributed by atoms with Gasteiger partial charge in [-0.15, -0.1) is 0 Å². The summed E-state index contributed by atoms with van der Waals surface area (Å²) in [7, 11) is 0. The average Bonchev–Trinajstić information content (AvgIpc) is 2.71. The molecule has 0 aromatic rings. The van der Waals surface area contributed by atoms with Crippen LogP contribution < -0.4 is 0 Å². The Morgan fingerprint density at radius 1 is 0.900 bits per heavy atom. The highest BCUT2D eigenvalue weighted by molar-refractivity contribution is 5.84. The van der Waals surface area contributed by atoms with Crippen LogP contribution in [0.25, 0.3) is 20.9 Å². The molecule has 30 heavy (non-hydrogen) atoms. The highest BCUT2D eigenvalue weighted by atomic mass is 16.2. The zero-order chi connectivity index (χ0) is 21.8. The van der Waals surface area contributed by atoms with Gasteiger partial charge in [-0.05, 0) is 107 Å². The van der Waals surface area contributed by atoms with Gasteiger partial charge in [-0.25, -0.2) is 0 Å². The quantitative estimate of drug-likeness (QED) is 0.311. The van der Waals surface area contributed by atoms with Gasteiger partial charge in [0, 0.05) is 20.7 Å². The molecule has 0 aromatic carbocycles. The van der Waals surface area contributed by atoms with E-state index in [2.05, 4.69) is 33.9 Å². The summed E-state index contributed by atoms with van der Waals surface area (Å²) in [5.74, 6) is 2.29. The molecule has 0 unspecified atom stereocenters. The van der Waals surface area contributed by atoms with Gasteiger partial charge >= 0.3 is 0 Å². The summed E-state index contributed by atoms with van der Waals surface area (Å²) in [5.41, 5.74) is 16.6. The number of azide groups is 2. The van der Waals surface area contributed by atoms with Crippen LogP contribution in [0.2, 0.25) is 0 Å². The smallest absolute Gasteiger partial charge is 0.225 e. The number of rotatable bonds is 2. The van der Waals surface area contributed by atoms with Crippen molar-refractivity contribution in [3.8, 4) is 0 Å². The lowest BCUT2D eigenvalue weighted by Gasteiger charge is -2.66. The minimum Gasteiger partial charge on any atom is -0.292 e. The van der Waals surface area contributed by atoms with Crippen LogP contribution in [-0.2, 0) is 9.59 Å². The zero-order valence-electron chi connectivity index (χ0n) is 18.4. The minimum absolute atomic E-state index is 0.168. The lowest BCUT2D eigenvalue weighted by molar-refractivity contribution is -0.191. The SMILES string of the molecule is C[C@@H]1C[C@@H]2C[C@H](C)[C@H]3CC[C@](C)(C(=O)N=[N+]=[N-])[C@H]4CC[C@@H]([C@@H]2[C@H]34)[C@]1(C)C(=O)N=[N+]=[N-]. The predicted molar refractivity (Wildman–Crippen MR) is 111 cm³/mol. The third kappa shape index (κ3) is 2.73. The van der Waals surface area contributed by atoms with Crippen LogP contribution in [0.3, 0.4) is 0 Å². The van der Waals surface area contributed by atoms with Gasteiger partial charge in [-0.3, -0.25) is 9.59 Å². The Labute approximate surface area is 177 Å². The summed E-state index contributed by atoms with van der Waals surface area (Å²) in [4.78, 5) is 31.5. The van der Waals surface area contributed by atoms with E-state index in [1.54, 1.807) is 0 Å². The van der Waals surface area contributed by atoms with Crippen LogP contribution in [0.1, 0.15) is 66.2 Å². The second-order valence-electron chi connectivity index (χ2n) is 10.9. The fraction of sp³-hybridized carbons (Fsp3) is 0.909. The predicted octanol–water partition coefficient (Wildman–Crippen LogP) is 6.04. The number of nitrogens with zero attached hydrogens (tertiary/aromatic N) is 6. The monoisotopic (exact) mass is 412 g/mol. The summed E-state index contributed by atoms with van der Waals surface area (Å²) >= 11 is 0. The summed E-state index contributed by atoms with van der Waals surface area (Å²) in [6.07, 6.45) is 5.59. The molecule has 0 heterocycles. The molecule has 0 aromatic heterocycles. The molecule has 8 heteroatoms. The summed E-state index contributed by atoms with van der Waals surface area (Å²) in [5, 5.41) is 7.08. The van der Waals surface area contributed by atoms with Crippen molar-refractivity contribution in [2.45, 2.75) is 66.2 Å². The zero-order valence-corrected chi connectivity index (χ0v) is 18.4. The average molecular weight is 413 g/mol.